The van der Waals surface area contributed by atoms with E-state index >= 15 is 0 Å². The van der Waals surface area contributed by atoms with Gasteiger partial charge in [-0.3, -0.25) is 4.79 Å². The average Bonchev–Trinajstić information content (AvgIpc) is 2.98. The molecule has 1 spiro atoms. The van der Waals surface area contributed by atoms with E-state index in [4.69, 9.17) is 4.74 Å². The molecule has 1 saturated carbocycles. The Balaban J connectivity index is 1.76. The summed E-state index contributed by atoms with van der Waals surface area (Å²) in [6.07, 6.45) is 6.68. The predicted molar refractivity (Wildman–Crippen MR) is 73.3 cm³/mol. The van der Waals surface area contributed by atoms with Gasteiger partial charge in [-0.15, -0.1) is 11.3 Å². The van der Waals surface area contributed by atoms with Gasteiger partial charge in [-0.25, -0.2) is 0 Å². The molecule has 2 nitrogen and oxygen atoms in total. The number of carbonyl (C=O) groups is 1. The maximum Gasteiger partial charge on any atom is 0.176 e. The number of hydrogen-bond acceptors (Lipinski definition) is 3. The number of carbonyl (C=O) groups excluding carboxylic acids is 1. The Morgan fingerprint density at radius 1 is 1.44 bits per heavy atom. The maximum absolute atomic E-state index is 12.6. The number of aryl methyl sites for hydroxylation is 1. The normalized spacial score (nSPS) is 26.6. The summed E-state index contributed by atoms with van der Waals surface area (Å²) in [6.45, 7) is 2.80. The molecule has 1 aromatic rings. The number of hydrogen-bond donors (Lipinski definition) is 0. The van der Waals surface area contributed by atoms with Gasteiger partial charge in [0.2, 0.25) is 0 Å². The molecule has 0 N–H and O–H groups in total. The minimum atomic E-state index is 0.0454. The van der Waals surface area contributed by atoms with Gasteiger partial charge in [0.1, 0.15) is 0 Å². The molecule has 1 saturated heterocycles. The van der Waals surface area contributed by atoms with Crippen molar-refractivity contribution >= 4 is 17.1 Å². The van der Waals surface area contributed by atoms with Crippen LogP contribution in [0.4, 0.5) is 0 Å². The summed E-state index contributed by atoms with van der Waals surface area (Å²) in [6, 6.07) is 2.04. The van der Waals surface area contributed by atoms with Gasteiger partial charge >= 0.3 is 0 Å². The van der Waals surface area contributed by atoms with E-state index in [-0.39, 0.29) is 11.5 Å². The molecule has 2 aliphatic rings. The molecular weight excluding hydrogens is 244 g/mol. The van der Waals surface area contributed by atoms with E-state index in [0.29, 0.717) is 5.78 Å². The largest absolute Gasteiger partial charge is 0.375 e. The zero-order valence-electron chi connectivity index (χ0n) is 10.9. The van der Waals surface area contributed by atoms with Crippen LogP contribution in [0.5, 0.6) is 0 Å². The van der Waals surface area contributed by atoms with E-state index in [2.05, 4.69) is 0 Å². The van der Waals surface area contributed by atoms with Crippen LogP contribution >= 0.6 is 11.3 Å². The van der Waals surface area contributed by atoms with Crippen LogP contribution < -0.4 is 0 Å². The maximum atomic E-state index is 12.6. The number of rotatable bonds is 2. The van der Waals surface area contributed by atoms with Crippen molar-refractivity contribution in [3.05, 3.63) is 21.9 Å². The van der Waals surface area contributed by atoms with Crippen LogP contribution in [0.1, 0.15) is 53.8 Å². The van der Waals surface area contributed by atoms with E-state index in [1.807, 2.05) is 18.4 Å². The molecule has 1 aromatic heterocycles. The van der Waals surface area contributed by atoms with Gasteiger partial charge in [-0.2, -0.15) is 0 Å². The van der Waals surface area contributed by atoms with Gasteiger partial charge in [0.25, 0.3) is 0 Å². The third-order valence-corrected chi connectivity index (χ3v) is 5.50. The summed E-state index contributed by atoms with van der Waals surface area (Å²) >= 11 is 1.59. The number of ketones is 1. The monoisotopic (exact) mass is 264 g/mol. The molecule has 3 rings (SSSR count). The molecule has 1 atom stereocenters. The lowest BCUT2D eigenvalue weighted by Crippen LogP contribution is -2.39. The van der Waals surface area contributed by atoms with Crippen molar-refractivity contribution in [3.8, 4) is 0 Å². The second-order valence-electron chi connectivity index (χ2n) is 5.73. The van der Waals surface area contributed by atoms with Gasteiger partial charge in [-0.1, -0.05) is 12.8 Å². The van der Waals surface area contributed by atoms with E-state index in [1.54, 1.807) is 11.3 Å². The molecule has 1 unspecified atom stereocenters. The lowest BCUT2D eigenvalue weighted by Gasteiger charge is -2.37. The molecule has 98 valence electrons. The minimum absolute atomic E-state index is 0.0454. The van der Waals surface area contributed by atoms with E-state index in [1.165, 1.54) is 12.8 Å². The number of ether oxygens (including phenoxy) is 1. The van der Waals surface area contributed by atoms with Crippen LogP contribution in [0, 0.1) is 12.8 Å². The van der Waals surface area contributed by atoms with Crippen LogP contribution in [0.15, 0.2) is 11.4 Å². The molecule has 1 aliphatic carbocycles. The Morgan fingerprint density at radius 2 is 2.22 bits per heavy atom. The minimum Gasteiger partial charge on any atom is -0.375 e. The third-order valence-electron chi connectivity index (χ3n) is 4.46. The van der Waals surface area contributed by atoms with Gasteiger partial charge in [0.15, 0.2) is 5.78 Å². The Kier molecular flexibility index (Phi) is 3.29. The van der Waals surface area contributed by atoms with E-state index in [0.717, 1.165) is 42.7 Å². The van der Waals surface area contributed by atoms with Crippen LogP contribution in [-0.4, -0.2) is 18.0 Å². The molecule has 18 heavy (non-hydrogen) atoms. The molecule has 0 bridgehead atoms. The van der Waals surface area contributed by atoms with E-state index in [9.17, 15) is 4.79 Å². The topological polar surface area (TPSA) is 26.3 Å². The summed E-state index contributed by atoms with van der Waals surface area (Å²) in [5.41, 5.74) is 1.18. The number of thiophene rings is 1. The number of Topliss-reactive ketones (excluding diaryl/α,β-unsaturated/α-hetero) is 1. The fourth-order valence-electron chi connectivity index (χ4n) is 3.43. The first-order valence-corrected chi connectivity index (χ1v) is 7.80. The molecule has 0 amide bonds. The highest BCUT2D eigenvalue weighted by Gasteiger charge is 2.42. The van der Waals surface area contributed by atoms with Gasteiger partial charge in [0, 0.05) is 12.5 Å². The Hall–Kier alpha value is -0.670. The van der Waals surface area contributed by atoms with Crippen molar-refractivity contribution in [1.29, 1.82) is 0 Å². The summed E-state index contributed by atoms with van der Waals surface area (Å²) in [5.74, 6) is 0.547. The molecule has 1 aliphatic heterocycles. The zero-order valence-corrected chi connectivity index (χ0v) is 11.7. The first-order valence-electron chi connectivity index (χ1n) is 6.92. The summed E-state index contributed by atoms with van der Waals surface area (Å²) in [4.78, 5) is 13.5. The second-order valence-corrected chi connectivity index (χ2v) is 6.64. The van der Waals surface area contributed by atoms with E-state index < -0.39 is 0 Å². The standard InChI is InChI=1S/C15H20O2S/c1-11-5-9-18-14(11)13(16)12-4-8-17-15(10-12)6-2-3-7-15/h5,9,12H,2-4,6-8,10H2,1H3. The summed E-state index contributed by atoms with van der Waals surface area (Å²) in [5, 5.41) is 2.02. The third kappa shape index (κ3) is 2.14. The molecule has 3 heteroatoms. The SMILES string of the molecule is Cc1ccsc1C(=O)C1CCOC2(CCCC2)C1. The molecule has 0 aromatic carbocycles. The van der Waals surface area contributed by atoms with Crippen LogP contribution in [0.25, 0.3) is 0 Å². The highest BCUT2D eigenvalue weighted by atomic mass is 32.1. The molecule has 0 radical (unpaired) electrons. The Morgan fingerprint density at radius 3 is 2.89 bits per heavy atom. The van der Waals surface area contributed by atoms with Crippen LogP contribution in [0.2, 0.25) is 0 Å². The summed E-state index contributed by atoms with van der Waals surface area (Å²) < 4.78 is 6.01. The zero-order chi connectivity index (χ0) is 12.6. The first kappa shape index (κ1) is 12.4. The van der Waals surface area contributed by atoms with Gasteiger partial charge < -0.3 is 4.74 Å². The second kappa shape index (κ2) is 4.78. The highest BCUT2D eigenvalue weighted by molar-refractivity contribution is 7.12. The molecule has 2 fully saturated rings. The predicted octanol–water partition coefficient (Wildman–Crippen LogP) is 3.98. The Bertz CT molecular complexity index is 443. The smallest absolute Gasteiger partial charge is 0.176 e. The Labute approximate surface area is 112 Å². The van der Waals surface area contributed by atoms with Crippen molar-refractivity contribution in [1.82, 2.24) is 0 Å². The van der Waals surface area contributed by atoms with Crippen molar-refractivity contribution in [3.63, 3.8) is 0 Å². The average molecular weight is 264 g/mol. The summed E-state index contributed by atoms with van der Waals surface area (Å²) in [7, 11) is 0. The van der Waals surface area contributed by atoms with Crippen molar-refractivity contribution in [2.45, 2.75) is 51.0 Å². The van der Waals surface area contributed by atoms with Crippen molar-refractivity contribution < 1.29 is 9.53 Å². The molecule has 2 heterocycles. The van der Waals surface area contributed by atoms with Gasteiger partial charge in [-0.05, 0) is 49.6 Å². The van der Waals surface area contributed by atoms with Gasteiger partial charge in [0.05, 0.1) is 10.5 Å². The van der Waals surface area contributed by atoms with Crippen molar-refractivity contribution in [2.24, 2.45) is 5.92 Å². The lowest BCUT2D eigenvalue weighted by atomic mass is 9.81. The van der Waals surface area contributed by atoms with Crippen molar-refractivity contribution in [2.75, 3.05) is 6.61 Å². The fraction of sp³-hybridized carbons (Fsp3) is 0.667. The van der Waals surface area contributed by atoms with Crippen LogP contribution in [-0.2, 0) is 4.74 Å². The lowest BCUT2D eigenvalue weighted by molar-refractivity contribution is -0.0865. The molecular formula is C15H20O2S. The highest BCUT2D eigenvalue weighted by Crippen LogP contribution is 2.43. The quantitative estimate of drug-likeness (QED) is 0.755. The first-order chi connectivity index (χ1) is 8.70. The fourth-order valence-corrected chi connectivity index (χ4v) is 4.37. The van der Waals surface area contributed by atoms with Crippen LogP contribution in [0.3, 0.4) is 0 Å².